The smallest absolute Gasteiger partial charge is 0.335 e. The molecule has 7 nitrogen and oxygen atoms in total. The second-order valence-corrected chi connectivity index (χ2v) is 8.43. The molecule has 2 aromatic carbocycles. The SMILES string of the molecule is Cc1cc(NC(=O)c2cccc(S(=O)(=O)N(C)C(C)C)c2)ccc1C(=O)O. The van der Waals surface area contributed by atoms with Crippen LogP contribution in [0.15, 0.2) is 47.4 Å². The standard InChI is InChI=1S/C19H22N2O5S/c1-12(2)21(4)27(25,26)16-7-5-6-14(11-16)18(22)20-15-8-9-17(19(23)24)13(3)10-15/h5-12H,1-4H3,(H,20,22)(H,23,24). The molecule has 0 aliphatic heterocycles. The molecule has 0 spiro atoms. The van der Waals surface area contributed by atoms with Crippen LogP contribution in [0, 0.1) is 6.92 Å². The minimum Gasteiger partial charge on any atom is -0.478 e. The predicted octanol–water partition coefficient (Wildman–Crippen LogP) is 2.97. The van der Waals surface area contributed by atoms with Gasteiger partial charge in [-0.25, -0.2) is 13.2 Å². The van der Waals surface area contributed by atoms with Gasteiger partial charge >= 0.3 is 5.97 Å². The van der Waals surface area contributed by atoms with Crippen molar-refractivity contribution < 1.29 is 23.1 Å². The molecule has 0 aliphatic rings. The summed E-state index contributed by atoms with van der Waals surface area (Å²) in [7, 11) is -2.22. The molecule has 0 radical (unpaired) electrons. The van der Waals surface area contributed by atoms with E-state index in [1.807, 2.05) is 0 Å². The maximum Gasteiger partial charge on any atom is 0.335 e. The van der Waals surface area contributed by atoms with Crippen molar-refractivity contribution >= 4 is 27.6 Å². The molecule has 2 N–H and O–H groups in total. The average molecular weight is 390 g/mol. The van der Waals surface area contributed by atoms with E-state index in [-0.39, 0.29) is 22.1 Å². The number of sulfonamides is 1. The van der Waals surface area contributed by atoms with Crippen molar-refractivity contribution in [2.24, 2.45) is 0 Å². The molecule has 0 atom stereocenters. The van der Waals surface area contributed by atoms with E-state index >= 15 is 0 Å². The van der Waals surface area contributed by atoms with Crippen molar-refractivity contribution in [1.82, 2.24) is 4.31 Å². The second-order valence-electron chi connectivity index (χ2n) is 6.43. The molecule has 0 saturated carbocycles. The van der Waals surface area contributed by atoms with E-state index in [1.165, 1.54) is 47.8 Å². The largest absolute Gasteiger partial charge is 0.478 e. The van der Waals surface area contributed by atoms with Gasteiger partial charge in [-0.3, -0.25) is 4.79 Å². The first-order valence-corrected chi connectivity index (χ1v) is 9.71. The van der Waals surface area contributed by atoms with E-state index in [9.17, 15) is 18.0 Å². The van der Waals surface area contributed by atoms with Gasteiger partial charge in [0.15, 0.2) is 0 Å². The first-order chi connectivity index (χ1) is 12.5. The molecule has 1 amide bonds. The molecule has 0 aromatic heterocycles. The molecular formula is C19H22N2O5S. The molecule has 0 aliphatic carbocycles. The second kappa shape index (κ2) is 7.89. The lowest BCUT2D eigenvalue weighted by molar-refractivity contribution is 0.0696. The number of aryl methyl sites for hydroxylation is 1. The lowest BCUT2D eigenvalue weighted by atomic mass is 10.1. The number of hydrogen-bond acceptors (Lipinski definition) is 4. The number of carboxylic acids is 1. The molecule has 8 heteroatoms. The third-order valence-corrected chi connectivity index (χ3v) is 6.24. The summed E-state index contributed by atoms with van der Waals surface area (Å²) in [4.78, 5) is 23.6. The number of benzene rings is 2. The highest BCUT2D eigenvalue weighted by Crippen LogP contribution is 2.20. The molecule has 2 aromatic rings. The summed E-state index contributed by atoms with van der Waals surface area (Å²) in [6.45, 7) is 5.16. The summed E-state index contributed by atoms with van der Waals surface area (Å²) in [5, 5.41) is 11.7. The van der Waals surface area contributed by atoms with Crippen molar-refractivity contribution in [1.29, 1.82) is 0 Å². The molecule has 27 heavy (non-hydrogen) atoms. The van der Waals surface area contributed by atoms with Gasteiger partial charge in [-0.05, 0) is 62.7 Å². The van der Waals surface area contributed by atoms with Gasteiger partial charge < -0.3 is 10.4 Å². The predicted molar refractivity (Wildman–Crippen MR) is 103 cm³/mol. The van der Waals surface area contributed by atoms with Gasteiger partial charge in [0, 0.05) is 24.3 Å². The lowest BCUT2D eigenvalue weighted by Gasteiger charge is -2.21. The molecule has 0 heterocycles. The van der Waals surface area contributed by atoms with Crippen LogP contribution in [0.5, 0.6) is 0 Å². The fraction of sp³-hybridized carbons (Fsp3) is 0.263. The van der Waals surface area contributed by atoms with Gasteiger partial charge in [0.2, 0.25) is 10.0 Å². The highest BCUT2D eigenvalue weighted by atomic mass is 32.2. The van der Waals surface area contributed by atoms with Crippen LogP contribution in [-0.2, 0) is 10.0 Å². The molecule has 2 rings (SSSR count). The van der Waals surface area contributed by atoms with E-state index in [1.54, 1.807) is 26.8 Å². The number of anilines is 1. The normalized spacial score (nSPS) is 11.6. The van der Waals surface area contributed by atoms with E-state index in [2.05, 4.69) is 5.32 Å². The Morgan fingerprint density at radius 2 is 1.78 bits per heavy atom. The summed E-state index contributed by atoms with van der Waals surface area (Å²) in [5.74, 6) is -1.53. The van der Waals surface area contributed by atoms with Gasteiger partial charge in [-0.15, -0.1) is 0 Å². The number of carbonyl (C=O) groups excluding carboxylic acids is 1. The molecule has 0 saturated heterocycles. The Hall–Kier alpha value is -2.71. The van der Waals surface area contributed by atoms with E-state index in [0.29, 0.717) is 11.3 Å². The van der Waals surface area contributed by atoms with Gasteiger partial charge in [0.1, 0.15) is 0 Å². The number of nitrogens with one attached hydrogen (secondary N) is 1. The Kier molecular flexibility index (Phi) is 6.02. The Balaban J connectivity index is 2.28. The fourth-order valence-corrected chi connectivity index (χ4v) is 3.84. The van der Waals surface area contributed by atoms with Gasteiger partial charge in [0.05, 0.1) is 10.5 Å². The third kappa shape index (κ3) is 4.53. The molecular weight excluding hydrogens is 368 g/mol. The van der Waals surface area contributed by atoms with Crippen LogP contribution in [0.2, 0.25) is 0 Å². The fourth-order valence-electron chi connectivity index (χ4n) is 2.43. The zero-order valence-electron chi connectivity index (χ0n) is 15.6. The Morgan fingerprint density at radius 3 is 2.33 bits per heavy atom. The number of hydrogen-bond donors (Lipinski definition) is 2. The molecule has 0 unspecified atom stereocenters. The van der Waals surface area contributed by atoms with Crippen molar-refractivity contribution in [3.8, 4) is 0 Å². The summed E-state index contributed by atoms with van der Waals surface area (Å²) < 4.78 is 26.4. The monoisotopic (exact) mass is 390 g/mol. The van der Waals surface area contributed by atoms with Crippen LogP contribution in [0.25, 0.3) is 0 Å². The number of nitrogens with zero attached hydrogens (tertiary/aromatic N) is 1. The summed E-state index contributed by atoms with van der Waals surface area (Å²) in [5.41, 5.74) is 1.27. The van der Waals surface area contributed by atoms with Crippen LogP contribution >= 0.6 is 0 Å². The number of carbonyl (C=O) groups is 2. The van der Waals surface area contributed by atoms with Gasteiger partial charge in [-0.1, -0.05) is 6.07 Å². The van der Waals surface area contributed by atoms with Crippen molar-refractivity contribution in [3.05, 3.63) is 59.2 Å². The topological polar surface area (TPSA) is 104 Å². The van der Waals surface area contributed by atoms with Crippen LogP contribution in [-0.4, -0.2) is 42.8 Å². The first-order valence-electron chi connectivity index (χ1n) is 8.27. The molecule has 0 bridgehead atoms. The third-order valence-electron chi connectivity index (χ3n) is 4.22. The number of carboxylic acid groups (broad SMARTS) is 1. The van der Waals surface area contributed by atoms with Gasteiger partial charge in [-0.2, -0.15) is 4.31 Å². The van der Waals surface area contributed by atoms with Crippen molar-refractivity contribution in [2.45, 2.75) is 31.7 Å². The van der Waals surface area contributed by atoms with Crippen LogP contribution < -0.4 is 5.32 Å². The Morgan fingerprint density at radius 1 is 1.11 bits per heavy atom. The quantitative estimate of drug-likeness (QED) is 0.789. The van der Waals surface area contributed by atoms with Crippen LogP contribution in [0.3, 0.4) is 0 Å². The van der Waals surface area contributed by atoms with Crippen LogP contribution in [0.1, 0.15) is 40.1 Å². The summed E-state index contributed by atoms with van der Waals surface area (Å²) in [6.07, 6.45) is 0. The zero-order valence-corrected chi connectivity index (χ0v) is 16.4. The summed E-state index contributed by atoms with van der Waals surface area (Å²) >= 11 is 0. The van der Waals surface area contributed by atoms with Crippen molar-refractivity contribution in [2.75, 3.05) is 12.4 Å². The highest BCUT2D eigenvalue weighted by molar-refractivity contribution is 7.89. The van der Waals surface area contributed by atoms with E-state index < -0.39 is 21.9 Å². The molecule has 144 valence electrons. The number of aromatic carboxylic acids is 1. The maximum atomic E-state index is 12.6. The maximum absolute atomic E-state index is 12.6. The minimum atomic E-state index is -3.70. The Bertz CT molecular complexity index is 983. The van der Waals surface area contributed by atoms with E-state index in [4.69, 9.17) is 5.11 Å². The summed E-state index contributed by atoms with van der Waals surface area (Å²) in [6, 6.07) is 10.0. The molecule has 0 fully saturated rings. The average Bonchev–Trinajstić information content (AvgIpc) is 2.60. The van der Waals surface area contributed by atoms with Crippen LogP contribution in [0.4, 0.5) is 5.69 Å². The van der Waals surface area contributed by atoms with E-state index in [0.717, 1.165) is 0 Å². The van der Waals surface area contributed by atoms with Crippen molar-refractivity contribution in [3.63, 3.8) is 0 Å². The zero-order chi connectivity index (χ0) is 20.4. The first kappa shape index (κ1) is 20.6. The highest BCUT2D eigenvalue weighted by Gasteiger charge is 2.24. The lowest BCUT2D eigenvalue weighted by Crippen LogP contribution is -2.33. The number of rotatable bonds is 6. The van der Waals surface area contributed by atoms with Gasteiger partial charge in [0.25, 0.3) is 5.91 Å². The minimum absolute atomic E-state index is 0.0313. The number of amides is 1. The Labute approximate surface area is 158 Å².